The van der Waals surface area contributed by atoms with Gasteiger partial charge in [0, 0.05) is 30.5 Å². The van der Waals surface area contributed by atoms with Gasteiger partial charge in [-0.1, -0.05) is 37.3 Å². The lowest BCUT2D eigenvalue weighted by atomic mass is 9.90. The second-order valence-electron chi connectivity index (χ2n) is 6.10. The number of nitrogens with one attached hydrogen (secondary N) is 1. The van der Waals surface area contributed by atoms with Crippen molar-refractivity contribution in [2.24, 2.45) is 11.1 Å². The first-order valence-electron chi connectivity index (χ1n) is 7.20. The van der Waals surface area contributed by atoms with Crippen LogP contribution in [0, 0.1) is 5.41 Å². The van der Waals surface area contributed by atoms with E-state index in [4.69, 9.17) is 5.73 Å². The van der Waals surface area contributed by atoms with Gasteiger partial charge in [-0.25, -0.2) is 4.98 Å². The molecule has 4 heteroatoms. The average molecular weight is 270 g/mol. The number of rotatable bonds is 4. The molecular formula is C16H22N4. The number of benzene rings is 1. The lowest BCUT2D eigenvalue weighted by Crippen LogP contribution is -2.31. The highest BCUT2D eigenvalue weighted by Gasteiger charge is 2.32. The van der Waals surface area contributed by atoms with Crippen LogP contribution < -0.4 is 5.73 Å². The van der Waals surface area contributed by atoms with Crippen molar-refractivity contribution in [1.29, 1.82) is 0 Å². The average Bonchev–Trinajstić information content (AvgIpc) is 3.08. The molecule has 0 spiro atoms. The molecule has 0 aliphatic carbocycles. The Morgan fingerprint density at radius 1 is 1.35 bits per heavy atom. The summed E-state index contributed by atoms with van der Waals surface area (Å²) in [4.78, 5) is 10.3. The summed E-state index contributed by atoms with van der Waals surface area (Å²) in [7, 11) is 0. The van der Waals surface area contributed by atoms with Gasteiger partial charge in [0.1, 0.15) is 5.82 Å². The van der Waals surface area contributed by atoms with Gasteiger partial charge in [-0.15, -0.1) is 0 Å². The molecule has 4 nitrogen and oxygen atoms in total. The van der Waals surface area contributed by atoms with Gasteiger partial charge in [-0.3, -0.25) is 4.90 Å². The van der Waals surface area contributed by atoms with Crippen LogP contribution in [-0.4, -0.2) is 34.5 Å². The van der Waals surface area contributed by atoms with E-state index in [0.717, 1.165) is 37.6 Å². The first-order valence-corrected chi connectivity index (χ1v) is 7.20. The van der Waals surface area contributed by atoms with Crippen LogP contribution in [0.5, 0.6) is 0 Å². The highest BCUT2D eigenvalue weighted by atomic mass is 15.2. The molecule has 0 radical (unpaired) electrons. The second kappa shape index (κ2) is 5.38. The number of aromatic amines is 1. The third kappa shape index (κ3) is 2.76. The number of H-pyrrole nitrogens is 1. The van der Waals surface area contributed by atoms with Gasteiger partial charge in [0.15, 0.2) is 0 Å². The topological polar surface area (TPSA) is 57.9 Å². The molecule has 1 unspecified atom stereocenters. The predicted molar refractivity (Wildman–Crippen MR) is 81.1 cm³/mol. The van der Waals surface area contributed by atoms with Crippen molar-refractivity contribution in [2.75, 3.05) is 19.6 Å². The zero-order chi connectivity index (χ0) is 14.0. The third-order valence-electron chi connectivity index (χ3n) is 4.20. The molecule has 1 aliphatic heterocycles. The maximum absolute atomic E-state index is 5.86. The van der Waals surface area contributed by atoms with Gasteiger partial charge < -0.3 is 10.7 Å². The fourth-order valence-electron chi connectivity index (χ4n) is 2.85. The van der Waals surface area contributed by atoms with Crippen LogP contribution in [-0.2, 0) is 6.54 Å². The van der Waals surface area contributed by atoms with E-state index in [1.54, 1.807) is 0 Å². The summed E-state index contributed by atoms with van der Waals surface area (Å²) in [6, 6.07) is 10.2. The summed E-state index contributed by atoms with van der Waals surface area (Å²) < 4.78 is 0. The van der Waals surface area contributed by atoms with E-state index in [1.807, 2.05) is 24.4 Å². The summed E-state index contributed by atoms with van der Waals surface area (Å²) in [5.41, 5.74) is 8.44. The minimum absolute atomic E-state index is 0.280. The van der Waals surface area contributed by atoms with Crippen LogP contribution in [0.25, 0.3) is 11.4 Å². The van der Waals surface area contributed by atoms with Gasteiger partial charge in [-0.05, 0) is 24.9 Å². The zero-order valence-electron chi connectivity index (χ0n) is 12.0. The van der Waals surface area contributed by atoms with Crippen molar-refractivity contribution in [3.63, 3.8) is 0 Å². The smallest absolute Gasteiger partial charge is 0.137 e. The van der Waals surface area contributed by atoms with E-state index in [0.29, 0.717) is 0 Å². The van der Waals surface area contributed by atoms with E-state index < -0.39 is 0 Å². The predicted octanol–water partition coefficient (Wildman–Crippen LogP) is 2.25. The summed E-state index contributed by atoms with van der Waals surface area (Å²) in [5, 5.41) is 0. The normalized spacial score (nSPS) is 23.3. The van der Waals surface area contributed by atoms with Crippen molar-refractivity contribution in [3.05, 3.63) is 42.2 Å². The van der Waals surface area contributed by atoms with Gasteiger partial charge in [0.25, 0.3) is 0 Å². The van der Waals surface area contributed by atoms with Gasteiger partial charge in [0.2, 0.25) is 0 Å². The number of hydrogen-bond donors (Lipinski definition) is 2. The van der Waals surface area contributed by atoms with Crippen LogP contribution >= 0.6 is 0 Å². The number of likely N-dealkylation sites (tertiary alicyclic amines) is 1. The molecule has 106 valence electrons. The highest BCUT2D eigenvalue weighted by Crippen LogP contribution is 2.29. The minimum Gasteiger partial charge on any atom is -0.341 e. The monoisotopic (exact) mass is 270 g/mol. The molecule has 1 aromatic heterocycles. The van der Waals surface area contributed by atoms with Crippen LogP contribution in [0.3, 0.4) is 0 Å². The Bertz CT molecular complexity index is 563. The van der Waals surface area contributed by atoms with Crippen molar-refractivity contribution < 1.29 is 0 Å². The molecule has 3 N–H and O–H groups in total. The lowest BCUT2D eigenvalue weighted by molar-refractivity contribution is 0.272. The Morgan fingerprint density at radius 2 is 2.15 bits per heavy atom. The van der Waals surface area contributed by atoms with Crippen LogP contribution in [0.15, 0.2) is 36.5 Å². The number of nitrogens with zero attached hydrogens (tertiary/aromatic N) is 2. The zero-order valence-corrected chi connectivity index (χ0v) is 12.0. The molecule has 1 atom stereocenters. The standard InChI is InChI=1S/C16H22N4/c1-16(11-17)7-8-20(12-16)10-14-9-18-15(19-14)13-5-3-2-4-6-13/h2-6,9H,7-8,10-12,17H2,1H3,(H,18,19). The lowest BCUT2D eigenvalue weighted by Gasteiger charge is -2.22. The first-order chi connectivity index (χ1) is 9.68. The van der Waals surface area contributed by atoms with Crippen molar-refractivity contribution >= 4 is 0 Å². The Hall–Kier alpha value is -1.65. The van der Waals surface area contributed by atoms with Crippen LogP contribution in [0.1, 0.15) is 19.0 Å². The maximum atomic E-state index is 5.86. The number of aromatic nitrogens is 2. The Morgan fingerprint density at radius 3 is 2.85 bits per heavy atom. The molecule has 1 aliphatic rings. The summed E-state index contributed by atoms with van der Waals surface area (Å²) in [6.07, 6.45) is 3.13. The molecule has 2 aromatic rings. The Balaban J connectivity index is 1.67. The van der Waals surface area contributed by atoms with Gasteiger partial charge in [-0.2, -0.15) is 0 Å². The molecule has 20 heavy (non-hydrogen) atoms. The summed E-state index contributed by atoms with van der Waals surface area (Å²) in [6.45, 7) is 6.16. The number of nitrogens with two attached hydrogens (primary N) is 1. The van der Waals surface area contributed by atoms with E-state index in [1.165, 1.54) is 12.1 Å². The largest absolute Gasteiger partial charge is 0.341 e. The Kier molecular flexibility index (Phi) is 3.59. The third-order valence-corrected chi connectivity index (χ3v) is 4.20. The van der Waals surface area contributed by atoms with E-state index in [-0.39, 0.29) is 5.41 Å². The van der Waals surface area contributed by atoms with Crippen LogP contribution in [0.4, 0.5) is 0 Å². The summed E-state index contributed by atoms with van der Waals surface area (Å²) in [5.74, 6) is 0.946. The highest BCUT2D eigenvalue weighted by molar-refractivity contribution is 5.54. The number of imidazole rings is 1. The fourth-order valence-corrected chi connectivity index (χ4v) is 2.85. The molecule has 0 bridgehead atoms. The van der Waals surface area contributed by atoms with E-state index in [2.05, 4.69) is 33.9 Å². The Labute approximate surface area is 120 Å². The quantitative estimate of drug-likeness (QED) is 0.896. The maximum Gasteiger partial charge on any atom is 0.137 e. The molecule has 1 fully saturated rings. The molecule has 2 heterocycles. The first kappa shape index (κ1) is 13.3. The van der Waals surface area contributed by atoms with E-state index >= 15 is 0 Å². The second-order valence-corrected chi connectivity index (χ2v) is 6.10. The minimum atomic E-state index is 0.280. The SMILES string of the molecule is CC1(CN)CCN(Cc2cnc(-c3ccccc3)[nH]2)C1. The van der Waals surface area contributed by atoms with Crippen molar-refractivity contribution in [3.8, 4) is 11.4 Å². The molecule has 1 saturated heterocycles. The van der Waals surface area contributed by atoms with Crippen LogP contribution in [0.2, 0.25) is 0 Å². The molecule has 0 saturated carbocycles. The number of hydrogen-bond acceptors (Lipinski definition) is 3. The van der Waals surface area contributed by atoms with Crippen molar-refractivity contribution in [1.82, 2.24) is 14.9 Å². The van der Waals surface area contributed by atoms with Crippen molar-refractivity contribution in [2.45, 2.75) is 19.9 Å². The molecule has 0 amide bonds. The summed E-state index contributed by atoms with van der Waals surface area (Å²) >= 11 is 0. The van der Waals surface area contributed by atoms with E-state index in [9.17, 15) is 0 Å². The molecule has 1 aromatic carbocycles. The fraction of sp³-hybridized carbons (Fsp3) is 0.438. The van der Waals surface area contributed by atoms with Gasteiger partial charge >= 0.3 is 0 Å². The molecule has 3 rings (SSSR count). The van der Waals surface area contributed by atoms with Gasteiger partial charge in [0.05, 0.1) is 0 Å². The molecular weight excluding hydrogens is 248 g/mol.